The largest absolute Gasteiger partial charge is 0.310 e. The molecule has 0 radical (unpaired) electrons. The van der Waals surface area contributed by atoms with Gasteiger partial charge < -0.3 is 5.32 Å². The second-order valence-electron chi connectivity index (χ2n) is 7.77. The quantitative estimate of drug-likeness (QED) is 0.695. The van der Waals surface area contributed by atoms with E-state index in [-0.39, 0.29) is 0 Å². The maximum Gasteiger partial charge on any atom is 0.0983 e. The molecule has 0 atom stereocenters. The van der Waals surface area contributed by atoms with Gasteiger partial charge in [-0.2, -0.15) is 5.10 Å². The standard InChI is InChI=1S/C23H28N4/c1-18-9-11-22(12-10-18)25-15-21-17-27(16-19-6-3-2-4-7-19)26-23(21)20-8-5-13-24-14-20/h2-8,13-14,17-18,22,25H,9-12,15-16H2,1H3. The number of hydrogen-bond donors (Lipinski definition) is 1. The minimum absolute atomic E-state index is 0.625. The third-order valence-corrected chi connectivity index (χ3v) is 5.56. The molecule has 2 heterocycles. The normalized spacial score (nSPS) is 19.9. The van der Waals surface area contributed by atoms with Crippen LogP contribution in [0.15, 0.2) is 61.1 Å². The van der Waals surface area contributed by atoms with Crippen molar-refractivity contribution in [2.24, 2.45) is 5.92 Å². The van der Waals surface area contributed by atoms with Gasteiger partial charge in [0.2, 0.25) is 0 Å². The first kappa shape index (κ1) is 17.9. The van der Waals surface area contributed by atoms with Gasteiger partial charge in [-0.25, -0.2) is 0 Å². The van der Waals surface area contributed by atoms with E-state index in [0.29, 0.717) is 6.04 Å². The predicted octanol–water partition coefficient (Wildman–Crippen LogP) is 4.66. The molecule has 4 nitrogen and oxygen atoms in total. The average molecular weight is 361 g/mol. The molecular weight excluding hydrogens is 332 g/mol. The molecule has 3 aromatic rings. The molecule has 1 N–H and O–H groups in total. The molecule has 0 unspecified atom stereocenters. The van der Waals surface area contributed by atoms with Gasteiger partial charge in [-0.05, 0) is 49.3 Å². The maximum absolute atomic E-state index is 4.89. The summed E-state index contributed by atoms with van der Waals surface area (Å²) in [6.07, 6.45) is 11.1. The SMILES string of the molecule is CC1CCC(NCc2cn(Cc3ccccc3)nc2-c2cccnc2)CC1. The van der Waals surface area contributed by atoms with E-state index >= 15 is 0 Å². The maximum atomic E-state index is 4.89. The summed E-state index contributed by atoms with van der Waals surface area (Å²) in [5.74, 6) is 0.877. The summed E-state index contributed by atoms with van der Waals surface area (Å²) in [6, 6.07) is 15.2. The Morgan fingerprint density at radius 1 is 1.04 bits per heavy atom. The molecule has 140 valence electrons. The Morgan fingerprint density at radius 3 is 2.59 bits per heavy atom. The number of nitrogens with one attached hydrogen (secondary N) is 1. The number of pyridine rings is 1. The van der Waals surface area contributed by atoms with Gasteiger partial charge in [-0.15, -0.1) is 0 Å². The van der Waals surface area contributed by atoms with Crippen molar-refractivity contribution in [2.45, 2.75) is 51.7 Å². The highest BCUT2D eigenvalue weighted by Crippen LogP contribution is 2.25. The fourth-order valence-electron chi connectivity index (χ4n) is 3.91. The molecule has 1 fully saturated rings. The van der Waals surface area contributed by atoms with E-state index < -0.39 is 0 Å². The summed E-state index contributed by atoms with van der Waals surface area (Å²) < 4.78 is 2.05. The first-order valence-corrected chi connectivity index (χ1v) is 10.0. The molecule has 4 heteroatoms. The predicted molar refractivity (Wildman–Crippen MR) is 109 cm³/mol. The second kappa shape index (κ2) is 8.49. The number of rotatable bonds is 6. The van der Waals surface area contributed by atoms with Crippen LogP contribution >= 0.6 is 0 Å². The molecule has 1 aliphatic rings. The Morgan fingerprint density at radius 2 is 1.85 bits per heavy atom. The Labute approximate surface area is 161 Å². The first-order chi connectivity index (χ1) is 13.3. The van der Waals surface area contributed by atoms with Crippen LogP contribution in [0.2, 0.25) is 0 Å². The van der Waals surface area contributed by atoms with E-state index in [1.54, 1.807) is 0 Å². The van der Waals surface area contributed by atoms with Crippen molar-refractivity contribution in [3.63, 3.8) is 0 Å². The molecule has 2 aromatic heterocycles. The third kappa shape index (κ3) is 4.64. The lowest BCUT2D eigenvalue weighted by molar-refractivity contribution is 0.306. The van der Waals surface area contributed by atoms with E-state index in [0.717, 1.165) is 30.3 Å². The van der Waals surface area contributed by atoms with Crippen molar-refractivity contribution in [3.05, 3.63) is 72.2 Å². The zero-order chi connectivity index (χ0) is 18.5. The number of benzene rings is 1. The zero-order valence-electron chi connectivity index (χ0n) is 16.0. The highest BCUT2D eigenvalue weighted by atomic mass is 15.3. The van der Waals surface area contributed by atoms with E-state index in [2.05, 4.69) is 58.4 Å². The summed E-state index contributed by atoms with van der Waals surface area (Å²) in [5.41, 5.74) is 4.63. The lowest BCUT2D eigenvalue weighted by atomic mass is 9.87. The highest BCUT2D eigenvalue weighted by molar-refractivity contribution is 5.61. The second-order valence-corrected chi connectivity index (χ2v) is 7.77. The van der Waals surface area contributed by atoms with Gasteiger partial charge in [0.1, 0.15) is 0 Å². The van der Waals surface area contributed by atoms with Crippen molar-refractivity contribution in [2.75, 3.05) is 0 Å². The van der Waals surface area contributed by atoms with Crippen LogP contribution in [0.25, 0.3) is 11.3 Å². The van der Waals surface area contributed by atoms with Gasteiger partial charge in [-0.3, -0.25) is 9.67 Å². The minimum atomic E-state index is 0.625. The average Bonchev–Trinajstić information content (AvgIpc) is 3.12. The zero-order valence-corrected chi connectivity index (χ0v) is 16.0. The fraction of sp³-hybridized carbons (Fsp3) is 0.391. The van der Waals surface area contributed by atoms with Crippen LogP contribution in [0.3, 0.4) is 0 Å². The molecule has 0 amide bonds. The van der Waals surface area contributed by atoms with Crippen LogP contribution in [0.4, 0.5) is 0 Å². The van der Waals surface area contributed by atoms with Crippen molar-refractivity contribution in [3.8, 4) is 11.3 Å². The highest BCUT2D eigenvalue weighted by Gasteiger charge is 2.19. The van der Waals surface area contributed by atoms with Crippen LogP contribution < -0.4 is 5.32 Å². The van der Waals surface area contributed by atoms with Crippen LogP contribution in [-0.2, 0) is 13.1 Å². The van der Waals surface area contributed by atoms with Crippen molar-refractivity contribution in [1.29, 1.82) is 0 Å². The summed E-state index contributed by atoms with van der Waals surface area (Å²) in [5, 5.41) is 8.66. The van der Waals surface area contributed by atoms with E-state index in [1.807, 2.05) is 24.5 Å². The minimum Gasteiger partial charge on any atom is -0.310 e. The van der Waals surface area contributed by atoms with Crippen LogP contribution in [0.1, 0.15) is 43.7 Å². The summed E-state index contributed by atoms with van der Waals surface area (Å²) in [7, 11) is 0. The Balaban J connectivity index is 1.53. The van der Waals surface area contributed by atoms with E-state index in [4.69, 9.17) is 5.10 Å². The van der Waals surface area contributed by atoms with Crippen LogP contribution in [0.5, 0.6) is 0 Å². The molecular formula is C23H28N4. The van der Waals surface area contributed by atoms with Gasteiger partial charge in [-0.1, -0.05) is 37.3 Å². The smallest absolute Gasteiger partial charge is 0.0983 e. The van der Waals surface area contributed by atoms with Crippen molar-refractivity contribution in [1.82, 2.24) is 20.1 Å². The Kier molecular flexibility index (Phi) is 5.64. The van der Waals surface area contributed by atoms with E-state index in [9.17, 15) is 0 Å². The molecule has 1 aliphatic carbocycles. The molecule has 1 aromatic carbocycles. The number of nitrogens with zero attached hydrogens (tertiary/aromatic N) is 3. The fourth-order valence-corrected chi connectivity index (χ4v) is 3.91. The van der Waals surface area contributed by atoms with Gasteiger partial charge in [0.25, 0.3) is 0 Å². The number of hydrogen-bond acceptors (Lipinski definition) is 3. The topological polar surface area (TPSA) is 42.7 Å². The van der Waals surface area contributed by atoms with Gasteiger partial charge in [0.05, 0.1) is 12.2 Å². The lowest BCUT2D eigenvalue weighted by Gasteiger charge is -2.27. The van der Waals surface area contributed by atoms with Gasteiger partial charge in [0.15, 0.2) is 0 Å². The molecule has 0 spiro atoms. The van der Waals surface area contributed by atoms with Crippen LogP contribution in [-0.4, -0.2) is 20.8 Å². The summed E-state index contributed by atoms with van der Waals surface area (Å²) in [6.45, 7) is 4.01. The van der Waals surface area contributed by atoms with E-state index in [1.165, 1.54) is 36.8 Å². The lowest BCUT2D eigenvalue weighted by Crippen LogP contribution is -2.32. The third-order valence-electron chi connectivity index (χ3n) is 5.56. The van der Waals surface area contributed by atoms with Gasteiger partial charge in [0, 0.05) is 42.3 Å². The molecule has 27 heavy (non-hydrogen) atoms. The van der Waals surface area contributed by atoms with Gasteiger partial charge >= 0.3 is 0 Å². The first-order valence-electron chi connectivity index (χ1n) is 10.0. The Bertz CT molecular complexity index is 833. The monoisotopic (exact) mass is 360 g/mol. The summed E-state index contributed by atoms with van der Waals surface area (Å²) >= 11 is 0. The van der Waals surface area contributed by atoms with Crippen molar-refractivity contribution >= 4 is 0 Å². The number of aromatic nitrogens is 3. The molecule has 0 bridgehead atoms. The molecule has 0 saturated heterocycles. The summed E-state index contributed by atoms with van der Waals surface area (Å²) in [4.78, 5) is 4.28. The molecule has 1 saturated carbocycles. The van der Waals surface area contributed by atoms with Crippen LogP contribution in [0, 0.1) is 5.92 Å². The van der Waals surface area contributed by atoms with Crippen molar-refractivity contribution < 1.29 is 0 Å². The molecule has 4 rings (SSSR count). The Hall–Kier alpha value is -2.46. The molecule has 0 aliphatic heterocycles.